The first-order valence-corrected chi connectivity index (χ1v) is 9.12. The molecule has 8 heteroatoms. The first kappa shape index (κ1) is 21.4. The van der Waals surface area contributed by atoms with E-state index in [0.29, 0.717) is 25.8 Å². The second-order valence-electron chi connectivity index (χ2n) is 7.02. The van der Waals surface area contributed by atoms with Crippen molar-refractivity contribution >= 4 is 17.8 Å². The average molecular weight is 356 g/mol. The predicted molar refractivity (Wildman–Crippen MR) is 94.9 cm³/mol. The summed E-state index contributed by atoms with van der Waals surface area (Å²) >= 11 is 0. The predicted octanol–water partition coefficient (Wildman–Crippen LogP) is -0.0323. The number of hydrogen-bond donors (Lipinski definition) is 5. The molecule has 25 heavy (non-hydrogen) atoms. The van der Waals surface area contributed by atoms with E-state index in [1.807, 2.05) is 13.8 Å². The van der Waals surface area contributed by atoms with Gasteiger partial charge in [0, 0.05) is 0 Å². The summed E-state index contributed by atoms with van der Waals surface area (Å²) in [5.41, 5.74) is 5.49. The zero-order valence-corrected chi connectivity index (χ0v) is 15.2. The molecule has 0 unspecified atom stereocenters. The molecule has 2 amide bonds. The van der Waals surface area contributed by atoms with E-state index in [9.17, 15) is 19.5 Å². The molecule has 144 valence electrons. The van der Waals surface area contributed by atoms with Crippen LogP contribution in [-0.2, 0) is 14.4 Å². The summed E-state index contributed by atoms with van der Waals surface area (Å²) in [6, 6.07) is -1.97. The smallest absolute Gasteiger partial charge is 0.326 e. The number of hydrogen-bond acceptors (Lipinski definition) is 5. The number of rotatable bonds is 11. The minimum Gasteiger partial charge on any atom is -0.480 e. The van der Waals surface area contributed by atoms with Crippen LogP contribution in [0.1, 0.15) is 52.4 Å². The Morgan fingerprint density at radius 2 is 1.92 bits per heavy atom. The Kier molecular flexibility index (Phi) is 9.44. The van der Waals surface area contributed by atoms with Crippen molar-refractivity contribution in [1.29, 1.82) is 0 Å². The highest BCUT2D eigenvalue weighted by Gasteiger charge is 2.29. The van der Waals surface area contributed by atoms with E-state index < -0.39 is 24.0 Å². The van der Waals surface area contributed by atoms with E-state index >= 15 is 0 Å². The molecule has 6 N–H and O–H groups in total. The van der Waals surface area contributed by atoms with Crippen LogP contribution in [0.4, 0.5) is 0 Å². The minimum absolute atomic E-state index is 0.134. The van der Waals surface area contributed by atoms with Crippen LogP contribution in [0.5, 0.6) is 0 Å². The van der Waals surface area contributed by atoms with E-state index in [2.05, 4.69) is 16.0 Å². The summed E-state index contributed by atoms with van der Waals surface area (Å²) in [4.78, 5) is 36.2. The minimum atomic E-state index is -1.06. The molecule has 0 saturated carbocycles. The van der Waals surface area contributed by atoms with Gasteiger partial charge in [-0.1, -0.05) is 13.8 Å². The zero-order valence-electron chi connectivity index (χ0n) is 15.2. The van der Waals surface area contributed by atoms with Gasteiger partial charge in [-0.2, -0.15) is 0 Å². The molecule has 1 heterocycles. The van der Waals surface area contributed by atoms with Gasteiger partial charge in [-0.15, -0.1) is 0 Å². The summed E-state index contributed by atoms with van der Waals surface area (Å²) in [6.45, 7) is 5.10. The highest BCUT2D eigenvalue weighted by atomic mass is 16.4. The molecule has 0 spiro atoms. The summed E-state index contributed by atoms with van der Waals surface area (Å²) in [6.07, 6.45) is 3.89. The van der Waals surface area contributed by atoms with Crippen LogP contribution in [0.15, 0.2) is 0 Å². The van der Waals surface area contributed by atoms with Crippen LogP contribution in [0.2, 0.25) is 0 Å². The molecule has 0 bridgehead atoms. The Balaban J connectivity index is 2.69. The molecule has 8 nitrogen and oxygen atoms in total. The molecule has 1 saturated heterocycles. The van der Waals surface area contributed by atoms with Crippen molar-refractivity contribution < 1.29 is 19.5 Å². The van der Waals surface area contributed by atoms with Crippen molar-refractivity contribution in [3.63, 3.8) is 0 Å². The summed E-state index contributed by atoms with van der Waals surface area (Å²) < 4.78 is 0. The summed E-state index contributed by atoms with van der Waals surface area (Å²) in [7, 11) is 0. The molecule has 0 radical (unpaired) electrons. The number of carbonyl (C=O) groups is 3. The van der Waals surface area contributed by atoms with Gasteiger partial charge in [0.25, 0.3) is 0 Å². The quantitative estimate of drug-likeness (QED) is 0.330. The maximum absolute atomic E-state index is 12.5. The largest absolute Gasteiger partial charge is 0.480 e. The van der Waals surface area contributed by atoms with E-state index in [0.717, 1.165) is 25.8 Å². The van der Waals surface area contributed by atoms with E-state index in [1.165, 1.54) is 0 Å². The van der Waals surface area contributed by atoms with Gasteiger partial charge in [0.05, 0.1) is 6.04 Å². The van der Waals surface area contributed by atoms with Crippen LogP contribution in [0.3, 0.4) is 0 Å². The lowest BCUT2D eigenvalue weighted by Gasteiger charge is -2.23. The first-order chi connectivity index (χ1) is 11.8. The van der Waals surface area contributed by atoms with Crippen molar-refractivity contribution in [2.24, 2.45) is 11.7 Å². The van der Waals surface area contributed by atoms with Crippen molar-refractivity contribution in [2.75, 3.05) is 13.1 Å². The van der Waals surface area contributed by atoms with Crippen LogP contribution in [-0.4, -0.2) is 54.1 Å². The molecular weight excluding hydrogens is 324 g/mol. The summed E-state index contributed by atoms with van der Waals surface area (Å²) in [5.74, 6) is -1.58. The van der Waals surface area contributed by atoms with Gasteiger partial charge in [-0.05, 0) is 57.5 Å². The molecule has 1 rings (SSSR count). The van der Waals surface area contributed by atoms with Gasteiger partial charge in [0.1, 0.15) is 12.1 Å². The lowest BCUT2D eigenvalue weighted by Crippen LogP contribution is -2.54. The maximum Gasteiger partial charge on any atom is 0.326 e. The van der Waals surface area contributed by atoms with Crippen molar-refractivity contribution in [2.45, 2.75) is 70.5 Å². The standard InChI is InChI=1S/C17H32N4O4/c1-11(2)10-14(17(24)25)21-16(23)13(6-3-4-8-18)20-15(22)12-7-5-9-19-12/h11-14,19H,3-10,18H2,1-2H3,(H,20,22)(H,21,23)(H,24,25)/t12-,13-,14-/m0/s1. The molecular formula is C17H32N4O4. The van der Waals surface area contributed by atoms with Gasteiger partial charge in [0.2, 0.25) is 11.8 Å². The molecule has 1 fully saturated rings. The van der Waals surface area contributed by atoms with E-state index in [1.54, 1.807) is 0 Å². The number of amides is 2. The third-order valence-electron chi connectivity index (χ3n) is 4.28. The third-order valence-corrected chi connectivity index (χ3v) is 4.28. The first-order valence-electron chi connectivity index (χ1n) is 9.12. The van der Waals surface area contributed by atoms with Crippen molar-refractivity contribution in [3.05, 3.63) is 0 Å². The SMILES string of the molecule is CC(C)C[C@H](NC(=O)[C@H](CCCCN)NC(=O)[C@@H]1CCCN1)C(=O)O. The van der Waals surface area contributed by atoms with Crippen LogP contribution >= 0.6 is 0 Å². The van der Waals surface area contributed by atoms with Crippen molar-refractivity contribution in [3.8, 4) is 0 Å². The lowest BCUT2D eigenvalue weighted by molar-refractivity contribution is -0.142. The topological polar surface area (TPSA) is 134 Å². The Labute approximate surface area is 149 Å². The normalized spacial score (nSPS) is 19.4. The van der Waals surface area contributed by atoms with E-state index in [-0.39, 0.29) is 17.9 Å². The second-order valence-corrected chi connectivity index (χ2v) is 7.02. The average Bonchev–Trinajstić information content (AvgIpc) is 3.07. The number of nitrogens with one attached hydrogen (secondary N) is 3. The van der Waals surface area contributed by atoms with Gasteiger partial charge in [-0.3, -0.25) is 9.59 Å². The zero-order chi connectivity index (χ0) is 18.8. The fourth-order valence-corrected chi connectivity index (χ4v) is 2.91. The third kappa shape index (κ3) is 7.83. The second kappa shape index (κ2) is 11.0. The molecule has 1 aliphatic rings. The summed E-state index contributed by atoms with van der Waals surface area (Å²) in [5, 5.41) is 17.7. The molecule has 3 atom stereocenters. The highest BCUT2D eigenvalue weighted by Crippen LogP contribution is 2.09. The number of nitrogens with two attached hydrogens (primary N) is 1. The Hall–Kier alpha value is -1.67. The van der Waals surface area contributed by atoms with Crippen LogP contribution in [0, 0.1) is 5.92 Å². The molecule has 0 aromatic carbocycles. The molecule has 1 aliphatic heterocycles. The molecule has 0 aromatic heterocycles. The van der Waals surface area contributed by atoms with Gasteiger partial charge < -0.3 is 26.8 Å². The molecule has 0 aromatic rings. The van der Waals surface area contributed by atoms with Gasteiger partial charge in [-0.25, -0.2) is 4.79 Å². The van der Waals surface area contributed by atoms with Crippen molar-refractivity contribution in [1.82, 2.24) is 16.0 Å². The van der Waals surface area contributed by atoms with Gasteiger partial charge >= 0.3 is 5.97 Å². The van der Waals surface area contributed by atoms with Crippen LogP contribution in [0.25, 0.3) is 0 Å². The number of carbonyl (C=O) groups excluding carboxylic acids is 2. The number of carboxylic acids is 1. The fourth-order valence-electron chi connectivity index (χ4n) is 2.91. The van der Waals surface area contributed by atoms with E-state index in [4.69, 9.17) is 5.73 Å². The number of unbranched alkanes of at least 4 members (excludes halogenated alkanes) is 1. The maximum atomic E-state index is 12.5. The Morgan fingerprint density at radius 1 is 1.20 bits per heavy atom. The fraction of sp³-hybridized carbons (Fsp3) is 0.824. The van der Waals surface area contributed by atoms with Crippen LogP contribution < -0.4 is 21.7 Å². The number of carboxylic acid groups (broad SMARTS) is 1. The monoisotopic (exact) mass is 356 g/mol. The Morgan fingerprint density at radius 3 is 2.44 bits per heavy atom. The number of aliphatic carboxylic acids is 1. The van der Waals surface area contributed by atoms with Gasteiger partial charge in [0.15, 0.2) is 0 Å². The highest BCUT2D eigenvalue weighted by molar-refractivity contribution is 5.91. The molecule has 0 aliphatic carbocycles. The lowest BCUT2D eigenvalue weighted by atomic mass is 10.0. The Bertz CT molecular complexity index is 450.